The largest absolute Gasteiger partial charge is 0.497 e. The third kappa shape index (κ3) is 5.09. The predicted octanol–water partition coefficient (Wildman–Crippen LogP) is 3.24. The molecule has 3 heterocycles. The van der Waals surface area contributed by atoms with Crippen molar-refractivity contribution in [1.29, 1.82) is 0 Å². The molecule has 11 heteroatoms. The van der Waals surface area contributed by atoms with Gasteiger partial charge in [0.2, 0.25) is 5.91 Å². The molecule has 0 saturated carbocycles. The highest BCUT2D eigenvalue weighted by atomic mass is 16.5. The Hall–Kier alpha value is -4.15. The molecule has 11 nitrogen and oxygen atoms in total. The first-order chi connectivity index (χ1) is 17.5. The molecule has 1 fully saturated rings. The number of nitrogens with one attached hydrogen (secondary N) is 1. The van der Waals surface area contributed by atoms with Gasteiger partial charge < -0.3 is 19.7 Å². The summed E-state index contributed by atoms with van der Waals surface area (Å²) < 4.78 is 11.8. The number of hydrogen-bond donors (Lipinski definition) is 1. The molecule has 2 aliphatic heterocycles. The smallest absolute Gasteiger partial charge is 0.409 e. The number of likely N-dealkylation sites (tertiary alicyclic amines) is 1. The molecule has 1 aromatic heterocycles. The Morgan fingerprint density at radius 2 is 1.92 bits per heavy atom. The molecule has 2 amide bonds. The van der Waals surface area contributed by atoms with E-state index in [1.165, 1.54) is 7.11 Å². The lowest BCUT2D eigenvalue weighted by Crippen LogP contribution is -2.37. The Balaban J connectivity index is 1.60. The number of nitrogens with zero attached hydrogens (tertiary/aromatic N) is 6. The van der Waals surface area contributed by atoms with Crippen molar-refractivity contribution in [1.82, 2.24) is 19.7 Å². The average Bonchev–Trinajstić information content (AvgIpc) is 3.52. The van der Waals surface area contributed by atoms with Crippen LogP contribution in [0.2, 0.25) is 0 Å². The summed E-state index contributed by atoms with van der Waals surface area (Å²) in [5.41, 5.74) is 1.63. The number of piperidine rings is 1. The number of methoxy groups -OCH3 is 2. The van der Waals surface area contributed by atoms with Gasteiger partial charge in [-0.3, -0.25) is 9.79 Å². The fourth-order valence-electron chi connectivity index (χ4n) is 4.44. The second kappa shape index (κ2) is 11.1. The van der Waals surface area contributed by atoms with Crippen molar-refractivity contribution in [2.24, 2.45) is 16.0 Å². The minimum Gasteiger partial charge on any atom is -0.497 e. The Morgan fingerprint density at radius 1 is 1.19 bits per heavy atom. The van der Waals surface area contributed by atoms with Gasteiger partial charge in [-0.1, -0.05) is 6.58 Å². The van der Waals surface area contributed by atoms with E-state index < -0.39 is 12.1 Å². The second-order valence-corrected chi connectivity index (χ2v) is 8.46. The van der Waals surface area contributed by atoms with Crippen LogP contribution in [0.5, 0.6) is 5.75 Å². The number of anilines is 1. The maximum atomic E-state index is 13.3. The maximum Gasteiger partial charge on any atom is 0.409 e. The molecule has 2 unspecified atom stereocenters. The number of amides is 2. The lowest BCUT2D eigenvalue weighted by molar-refractivity contribution is -0.118. The number of carbonyl (C=O) groups excluding carboxylic acids is 2. The van der Waals surface area contributed by atoms with Crippen LogP contribution in [0.15, 0.2) is 53.2 Å². The van der Waals surface area contributed by atoms with Crippen molar-refractivity contribution in [3.05, 3.63) is 48.8 Å². The van der Waals surface area contributed by atoms with Crippen LogP contribution in [0.4, 0.5) is 10.6 Å². The van der Waals surface area contributed by atoms with E-state index in [2.05, 4.69) is 22.0 Å². The van der Waals surface area contributed by atoms with E-state index in [1.54, 1.807) is 47.3 Å². The Bertz CT molecular complexity index is 1150. The van der Waals surface area contributed by atoms with E-state index >= 15 is 0 Å². The van der Waals surface area contributed by atoms with Crippen LogP contribution in [0.3, 0.4) is 0 Å². The molecule has 2 atom stereocenters. The van der Waals surface area contributed by atoms with Crippen molar-refractivity contribution in [2.75, 3.05) is 32.6 Å². The Morgan fingerprint density at radius 3 is 2.53 bits per heavy atom. The molecule has 0 spiro atoms. The monoisotopic (exact) mass is 493 g/mol. The quantitative estimate of drug-likeness (QED) is 0.593. The number of carbonyl (C=O) groups is 2. The topological polar surface area (TPSA) is 114 Å². The summed E-state index contributed by atoms with van der Waals surface area (Å²) in [7, 11) is 3.00. The predicted molar refractivity (Wildman–Crippen MR) is 137 cm³/mol. The van der Waals surface area contributed by atoms with Crippen LogP contribution in [-0.4, -0.2) is 77.6 Å². The summed E-state index contributed by atoms with van der Waals surface area (Å²) in [4.78, 5) is 31.3. The molecule has 190 valence electrons. The van der Waals surface area contributed by atoms with Gasteiger partial charge >= 0.3 is 6.09 Å². The highest BCUT2D eigenvalue weighted by Gasteiger charge is 2.35. The van der Waals surface area contributed by atoms with Gasteiger partial charge in [-0.05, 0) is 50.2 Å². The number of hydrazone groups is 1. The standard InChI is InChI=1S/C25H31N7O4/c1-5-26-23-20(16-27-31(23)6-2)24(33)28-22-15-21(17-11-13-30(14-12-17)25(34)36-4)29-32(22)18-7-9-19(35-3)10-8-18/h5-10,15-17,20,23H,2,11-14H2,1,3-4H3,(H,28,33). The van der Waals surface area contributed by atoms with Gasteiger partial charge in [-0.25, -0.2) is 14.5 Å². The fourth-order valence-corrected chi connectivity index (χ4v) is 4.44. The van der Waals surface area contributed by atoms with E-state index in [4.69, 9.17) is 14.6 Å². The van der Waals surface area contributed by atoms with Gasteiger partial charge in [0.15, 0.2) is 6.17 Å². The molecule has 1 saturated heterocycles. The first kappa shape index (κ1) is 25.0. The lowest BCUT2D eigenvalue weighted by atomic mass is 9.94. The minimum atomic E-state index is -0.592. The molecular formula is C25H31N7O4. The summed E-state index contributed by atoms with van der Waals surface area (Å²) in [6.45, 7) is 6.71. The molecular weight excluding hydrogens is 462 g/mol. The van der Waals surface area contributed by atoms with Gasteiger partial charge in [-0.15, -0.1) is 0 Å². The van der Waals surface area contributed by atoms with Crippen molar-refractivity contribution in [3.8, 4) is 11.4 Å². The molecule has 0 aliphatic carbocycles. The summed E-state index contributed by atoms with van der Waals surface area (Å²) >= 11 is 0. The molecule has 4 rings (SSSR count). The third-order valence-corrected chi connectivity index (χ3v) is 6.39. The second-order valence-electron chi connectivity index (χ2n) is 8.46. The summed E-state index contributed by atoms with van der Waals surface area (Å²) in [5.74, 6) is 0.562. The van der Waals surface area contributed by atoms with Crippen LogP contribution >= 0.6 is 0 Å². The molecule has 1 N–H and O–H groups in total. The molecule has 0 radical (unpaired) electrons. The van der Waals surface area contributed by atoms with E-state index in [9.17, 15) is 9.59 Å². The average molecular weight is 494 g/mol. The lowest BCUT2D eigenvalue weighted by Gasteiger charge is -2.29. The number of aliphatic imine (C=N–C) groups is 1. The highest BCUT2D eigenvalue weighted by Crippen LogP contribution is 2.31. The molecule has 2 aromatic rings. The third-order valence-electron chi connectivity index (χ3n) is 6.39. The number of ether oxygens (including phenoxy) is 2. The van der Waals surface area contributed by atoms with Gasteiger partial charge in [0.25, 0.3) is 0 Å². The van der Waals surface area contributed by atoms with Crippen molar-refractivity contribution in [3.63, 3.8) is 0 Å². The Kier molecular flexibility index (Phi) is 7.67. The SMILES string of the molecule is C=CN1N=CC(C(=O)Nc2cc(C3CCN(C(=O)OC)CC3)nn2-c2ccc(OC)cc2)C1N=CC. The van der Waals surface area contributed by atoms with Crippen LogP contribution in [0.1, 0.15) is 31.4 Å². The fraction of sp³-hybridized carbons (Fsp3) is 0.400. The molecule has 36 heavy (non-hydrogen) atoms. The first-order valence-electron chi connectivity index (χ1n) is 11.8. The van der Waals surface area contributed by atoms with E-state index in [0.29, 0.717) is 18.9 Å². The van der Waals surface area contributed by atoms with Crippen molar-refractivity contribution >= 4 is 30.2 Å². The first-order valence-corrected chi connectivity index (χ1v) is 11.8. The van der Waals surface area contributed by atoms with Crippen molar-refractivity contribution in [2.45, 2.75) is 31.8 Å². The zero-order chi connectivity index (χ0) is 25.7. The van der Waals surface area contributed by atoms with Crippen LogP contribution in [-0.2, 0) is 9.53 Å². The van der Waals surface area contributed by atoms with E-state index in [-0.39, 0.29) is 17.9 Å². The zero-order valence-corrected chi connectivity index (χ0v) is 20.7. The van der Waals surface area contributed by atoms with Crippen molar-refractivity contribution < 1.29 is 19.1 Å². The van der Waals surface area contributed by atoms with Gasteiger partial charge in [0, 0.05) is 37.5 Å². The molecule has 1 aromatic carbocycles. The number of aromatic nitrogens is 2. The normalized spacial score (nSPS) is 20.1. The number of hydrogen-bond acceptors (Lipinski definition) is 8. The van der Waals surface area contributed by atoms with Gasteiger partial charge in [0.1, 0.15) is 17.5 Å². The maximum absolute atomic E-state index is 13.3. The van der Waals surface area contributed by atoms with Crippen LogP contribution in [0, 0.1) is 5.92 Å². The van der Waals surface area contributed by atoms with Crippen LogP contribution in [0.25, 0.3) is 5.69 Å². The van der Waals surface area contributed by atoms with Gasteiger partial charge in [-0.2, -0.15) is 10.2 Å². The zero-order valence-electron chi connectivity index (χ0n) is 20.7. The van der Waals surface area contributed by atoms with Crippen LogP contribution < -0.4 is 10.1 Å². The van der Waals surface area contributed by atoms with E-state index in [1.807, 2.05) is 30.3 Å². The van der Waals surface area contributed by atoms with Gasteiger partial charge in [0.05, 0.1) is 25.6 Å². The number of rotatable bonds is 7. The Labute approximate surface area is 210 Å². The summed E-state index contributed by atoms with van der Waals surface area (Å²) in [6, 6.07) is 9.34. The minimum absolute atomic E-state index is 0.141. The summed E-state index contributed by atoms with van der Waals surface area (Å²) in [6.07, 6.45) is 5.45. The van der Waals surface area contributed by atoms with E-state index in [0.717, 1.165) is 30.0 Å². The number of benzene rings is 1. The molecule has 0 bridgehead atoms. The summed E-state index contributed by atoms with van der Waals surface area (Å²) in [5, 5.41) is 13.7. The molecule has 2 aliphatic rings. The highest BCUT2D eigenvalue weighted by molar-refractivity contribution is 6.03.